The van der Waals surface area contributed by atoms with Crippen molar-refractivity contribution in [3.8, 4) is 11.5 Å². The minimum Gasteiger partial charge on any atom is -0.494 e. The first-order valence-electron chi connectivity index (χ1n) is 13.2. The second-order valence-corrected chi connectivity index (χ2v) is 9.89. The van der Waals surface area contributed by atoms with Gasteiger partial charge in [0.2, 0.25) is 0 Å². The number of carbonyl (C=O) groups excluding carboxylic acids is 1. The Morgan fingerprint density at radius 2 is 1.68 bits per heavy atom. The van der Waals surface area contributed by atoms with Gasteiger partial charge in [-0.3, -0.25) is 14.2 Å². The molecule has 1 aromatic heterocycles. The average molecular weight is 552 g/mol. The maximum atomic E-state index is 13.7. The van der Waals surface area contributed by atoms with Crippen LogP contribution in [0.15, 0.2) is 72.8 Å². The van der Waals surface area contributed by atoms with Crippen LogP contribution < -0.4 is 9.47 Å². The molecule has 0 spiro atoms. The van der Waals surface area contributed by atoms with E-state index in [9.17, 15) is 27.9 Å². The van der Waals surface area contributed by atoms with Gasteiger partial charge in [-0.05, 0) is 92.1 Å². The van der Waals surface area contributed by atoms with Crippen molar-refractivity contribution in [3.63, 3.8) is 0 Å². The normalized spacial score (nSPS) is 15.0. The Kier molecular flexibility index (Phi) is 7.82. The number of halogens is 3. The first kappa shape index (κ1) is 27.3. The molecule has 1 N–H and O–H groups in total. The van der Waals surface area contributed by atoms with Gasteiger partial charge in [-0.2, -0.15) is 0 Å². The number of unbranched alkanes of at least 4 members (excludes halogenated alkanes) is 1. The van der Waals surface area contributed by atoms with Crippen molar-refractivity contribution in [2.45, 2.75) is 44.9 Å². The lowest BCUT2D eigenvalue weighted by Gasteiger charge is -2.20. The molecule has 3 aromatic carbocycles. The number of rotatable bonds is 9. The Labute approximate surface area is 228 Å². The predicted octanol–water partition coefficient (Wildman–Crippen LogP) is 6.82. The monoisotopic (exact) mass is 551 g/mol. The minimum atomic E-state index is -4.87. The molecule has 0 radical (unpaired) electrons. The summed E-state index contributed by atoms with van der Waals surface area (Å²) in [7, 11) is 0. The van der Waals surface area contributed by atoms with E-state index >= 15 is 0 Å². The molecule has 5 rings (SSSR count). The van der Waals surface area contributed by atoms with Crippen LogP contribution in [0.2, 0.25) is 0 Å². The second-order valence-electron chi connectivity index (χ2n) is 9.89. The highest BCUT2D eigenvalue weighted by molar-refractivity contribution is 6.04. The van der Waals surface area contributed by atoms with Crippen LogP contribution in [0.1, 0.15) is 46.4 Å². The smallest absolute Gasteiger partial charge is 0.494 e. The van der Waals surface area contributed by atoms with Crippen LogP contribution in [0, 0.1) is 5.92 Å². The van der Waals surface area contributed by atoms with Gasteiger partial charge in [-0.25, -0.2) is 0 Å². The number of alkyl halides is 3. The van der Waals surface area contributed by atoms with Gasteiger partial charge in [0.15, 0.2) is 0 Å². The van der Waals surface area contributed by atoms with Gasteiger partial charge in [0.1, 0.15) is 11.5 Å². The van der Waals surface area contributed by atoms with E-state index in [1.165, 1.54) is 22.3 Å². The molecule has 0 saturated carbocycles. The zero-order chi connectivity index (χ0) is 28.3. The number of carboxylic acid groups (broad SMARTS) is 1. The number of benzene rings is 3. The zero-order valence-corrected chi connectivity index (χ0v) is 21.6. The van der Waals surface area contributed by atoms with E-state index in [0.717, 1.165) is 25.3 Å². The van der Waals surface area contributed by atoms with Crippen LogP contribution in [-0.4, -0.2) is 34.5 Å². The summed E-state index contributed by atoms with van der Waals surface area (Å²) in [6.45, 7) is 0.545. The molecule has 0 bridgehead atoms. The summed E-state index contributed by atoms with van der Waals surface area (Å²) in [5.74, 6) is -1.79. The molecule has 1 atom stereocenters. The lowest BCUT2D eigenvalue weighted by molar-refractivity contribution is -0.274. The summed E-state index contributed by atoms with van der Waals surface area (Å²) >= 11 is 0. The van der Waals surface area contributed by atoms with E-state index < -0.39 is 24.0 Å². The fraction of sp³-hybridized carbons (Fsp3) is 0.290. The summed E-state index contributed by atoms with van der Waals surface area (Å²) in [5, 5.41) is 9.93. The third-order valence-corrected chi connectivity index (χ3v) is 7.19. The Hall–Kier alpha value is -4.27. The van der Waals surface area contributed by atoms with Gasteiger partial charge in [0, 0.05) is 16.6 Å². The Morgan fingerprint density at radius 1 is 0.950 bits per heavy atom. The van der Waals surface area contributed by atoms with Crippen molar-refractivity contribution in [2.24, 2.45) is 5.92 Å². The average Bonchev–Trinajstić information content (AvgIpc) is 3.25. The predicted molar refractivity (Wildman–Crippen MR) is 143 cm³/mol. The Balaban J connectivity index is 1.33. The molecule has 0 saturated heterocycles. The molecule has 40 heavy (non-hydrogen) atoms. The van der Waals surface area contributed by atoms with E-state index in [2.05, 4.69) is 16.9 Å². The van der Waals surface area contributed by atoms with Gasteiger partial charge >= 0.3 is 12.3 Å². The molecule has 6 nitrogen and oxygen atoms in total. The number of aromatic nitrogens is 1. The standard InChI is InChI=1S/C31H28F3NO5/c32-31(33,34)40-24-14-16-28-26(19-24)25-18-22(30(37)38)11-15-27(25)35(28)29(36)21-9-12-23(13-10-21)39-17-5-4-8-20-6-2-1-3-7-20/h1-3,6-7,9-10,12-14,16,19,22H,4-5,8,11,15,17-18H2,(H,37,38). The molecule has 1 aliphatic rings. The molecule has 0 fully saturated rings. The number of hydrogen-bond acceptors (Lipinski definition) is 4. The number of hydrogen-bond donors (Lipinski definition) is 1. The highest BCUT2D eigenvalue weighted by Gasteiger charge is 2.34. The number of nitrogens with zero attached hydrogens (tertiary/aromatic N) is 1. The van der Waals surface area contributed by atoms with Crippen molar-refractivity contribution in [1.82, 2.24) is 4.57 Å². The van der Waals surface area contributed by atoms with Gasteiger partial charge in [0.25, 0.3) is 5.91 Å². The SMILES string of the molecule is O=C(O)C1CCc2c(c3cc(OC(F)(F)F)ccc3n2C(=O)c2ccc(OCCCCc3ccccc3)cc2)C1. The molecule has 1 aliphatic carbocycles. The van der Waals surface area contributed by atoms with Crippen molar-refractivity contribution < 1.29 is 37.3 Å². The molecular formula is C31H28F3NO5. The minimum absolute atomic E-state index is 0.119. The van der Waals surface area contributed by atoms with Crippen molar-refractivity contribution in [3.05, 3.63) is 95.2 Å². The summed E-state index contributed by atoms with van der Waals surface area (Å²) in [6, 6.07) is 20.8. The number of aliphatic carboxylic acids is 1. The number of carbonyl (C=O) groups is 2. The molecule has 208 valence electrons. The summed E-state index contributed by atoms with van der Waals surface area (Å²) in [5.41, 5.74) is 3.25. The summed E-state index contributed by atoms with van der Waals surface area (Å²) < 4.78 is 50.0. The van der Waals surface area contributed by atoms with Crippen molar-refractivity contribution in [1.29, 1.82) is 0 Å². The third kappa shape index (κ3) is 6.14. The van der Waals surface area contributed by atoms with E-state index in [1.807, 2.05) is 18.2 Å². The molecule has 0 aliphatic heterocycles. The first-order chi connectivity index (χ1) is 19.2. The van der Waals surface area contributed by atoms with Gasteiger partial charge in [-0.1, -0.05) is 30.3 Å². The fourth-order valence-corrected chi connectivity index (χ4v) is 5.27. The summed E-state index contributed by atoms with van der Waals surface area (Å²) in [6.07, 6.45) is -1.26. The number of carboxylic acids is 1. The van der Waals surface area contributed by atoms with Gasteiger partial charge < -0.3 is 14.6 Å². The third-order valence-electron chi connectivity index (χ3n) is 7.19. The first-order valence-corrected chi connectivity index (χ1v) is 13.2. The molecule has 0 amide bonds. The highest BCUT2D eigenvalue weighted by atomic mass is 19.4. The van der Waals surface area contributed by atoms with Gasteiger partial charge in [0.05, 0.1) is 18.0 Å². The zero-order valence-electron chi connectivity index (χ0n) is 21.6. The number of fused-ring (bicyclic) bond motifs is 3. The topological polar surface area (TPSA) is 77.8 Å². The quantitative estimate of drug-likeness (QED) is 0.231. The van der Waals surface area contributed by atoms with Crippen molar-refractivity contribution in [2.75, 3.05) is 6.61 Å². The molecule has 1 heterocycles. The lowest BCUT2D eigenvalue weighted by Crippen LogP contribution is -2.24. The Morgan fingerprint density at radius 3 is 2.38 bits per heavy atom. The molecule has 1 unspecified atom stereocenters. The highest BCUT2D eigenvalue weighted by Crippen LogP contribution is 2.38. The van der Waals surface area contributed by atoms with Crippen LogP contribution in [0.5, 0.6) is 11.5 Å². The Bertz CT molecular complexity index is 1510. The van der Waals surface area contributed by atoms with Crippen LogP contribution in [0.4, 0.5) is 13.2 Å². The molecule has 4 aromatic rings. The van der Waals surface area contributed by atoms with E-state index in [0.29, 0.717) is 52.9 Å². The summed E-state index contributed by atoms with van der Waals surface area (Å²) in [4.78, 5) is 25.3. The largest absolute Gasteiger partial charge is 0.573 e. The van der Waals surface area contributed by atoms with E-state index in [1.54, 1.807) is 24.3 Å². The van der Waals surface area contributed by atoms with Crippen LogP contribution in [0.3, 0.4) is 0 Å². The maximum Gasteiger partial charge on any atom is 0.573 e. The van der Waals surface area contributed by atoms with E-state index in [4.69, 9.17) is 4.74 Å². The lowest BCUT2D eigenvalue weighted by atomic mass is 9.86. The van der Waals surface area contributed by atoms with Crippen LogP contribution in [-0.2, 0) is 24.1 Å². The number of ether oxygens (including phenoxy) is 2. The van der Waals surface area contributed by atoms with Crippen molar-refractivity contribution >= 4 is 22.8 Å². The van der Waals surface area contributed by atoms with Crippen LogP contribution >= 0.6 is 0 Å². The number of aryl methyl sites for hydroxylation is 1. The second kappa shape index (κ2) is 11.5. The fourth-order valence-electron chi connectivity index (χ4n) is 5.27. The van der Waals surface area contributed by atoms with Gasteiger partial charge in [-0.15, -0.1) is 13.2 Å². The molecule has 9 heteroatoms. The maximum absolute atomic E-state index is 13.7. The molecular weight excluding hydrogens is 523 g/mol. The van der Waals surface area contributed by atoms with Crippen LogP contribution in [0.25, 0.3) is 10.9 Å². The van der Waals surface area contributed by atoms with E-state index in [-0.39, 0.29) is 12.3 Å².